The highest BCUT2D eigenvalue weighted by molar-refractivity contribution is 5.85. The lowest BCUT2D eigenvalue weighted by Crippen LogP contribution is -2.46. The largest absolute Gasteiger partial charge is 0.493 e. The van der Waals surface area contributed by atoms with E-state index >= 15 is 0 Å². The molecule has 21 heavy (non-hydrogen) atoms. The maximum atomic E-state index is 12.7. The first kappa shape index (κ1) is 14.4. The van der Waals surface area contributed by atoms with Crippen LogP contribution in [-0.4, -0.2) is 25.1 Å². The van der Waals surface area contributed by atoms with Crippen LogP contribution < -0.4 is 15.8 Å². The molecular formula is C17H24N2O2. The van der Waals surface area contributed by atoms with Crippen LogP contribution in [0, 0.1) is 5.92 Å². The van der Waals surface area contributed by atoms with Gasteiger partial charge in [0.1, 0.15) is 5.75 Å². The summed E-state index contributed by atoms with van der Waals surface area (Å²) in [5, 5.41) is 3.26. The molecule has 1 heterocycles. The minimum atomic E-state index is -0.0877. The molecule has 1 aliphatic heterocycles. The molecule has 4 nitrogen and oxygen atoms in total. The number of rotatable bonds is 3. The van der Waals surface area contributed by atoms with Gasteiger partial charge in [-0.3, -0.25) is 4.79 Å². The molecule has 1 aromatic rings. The second-order valence-corrected chi connectivity index (χ2v) is 6.12. The number of nitrogens with one attached hydrogen (secondary N) is 1. The molecule has 1 amide bonds. The smallest absolute Gasteiger partial charge is 0.228 e. The van der Waals surface area contributed by atoms with Crippen molar-refractivity contribution in [1.82, 2.24) is 5.32 Å². The lowest BCUT2D eigenvalue weighted by atomic mass is 9.83. The highest BCUT2D eigenvalue weighted by Crippen LogP contribution is 2.34. The molecule has 0 radical (unpaired) electrons. The zero-order valence-electron chi connectivity index (χ0n) is 12.4. The van der Waals surface area contributed by atoms with Crippen LogP contribution in [0.1, 0.15) is 43.6 Å². The van der Waals surface area contributed by atoms with Crippen LogP contribution in [0.2, 0.25) is 0 Å². The van der Waals surface area contributed by atoms with E-state index in [1.165, 1.54) is 12.8 Å². The second-order valence-electron chi connectivity index (χ2n) is 6.12. The maximum absolute atomic E-state index is 12.7. The van der Waals surface area contributed by atoms with Crippen LogP contribution in [-0.2, 0) is 4.79 Å². The number of amides is 1. The van der Waals surface area contributed by atoms with Crippen LogP contribution in [0.25, 0.3) is 0 Å². The molecule has 4 heteroatoms. The minimum absolute atomic E-state index is 0.0877. The molecule has 0 spiro atoms. The van der Waals surface area contributed by atoms with Crippen molar-refractivity contribution < 1.29 is 9.53 Å². The number of carbonyl (C=O) groups excluding carboxylic acids is 1. The molecule has 0 bridgehead atoms. The molecule has 1 aromatic carbocycles. The van der Waals surface area contributed by atoms with Crippen molar-refractivity contribution in [3.05, 3.63) is 29.8 Å². The summed E-state index contributed by atoms with van der Waals surface area (Å²) in [6, 6.07) is 8.10. The number of para-hydroxylation sites is 1. The number of hydrogen-bond donors (Lipinski definition) is 2. The maximum Gasteiger partial charge on any atom is 0.228 e. The average Bonchev–Trinajstić information content (AvgIpc) is 2.54. The van der Waals surface area contributed by atoms with E-state index in [0.717, 1.165) is 30.6 Å². The van der Waals surface area contributed by atoms with E-state index in [2.05, 4.69) is 5.32 Å². The van der Waals surface area contributed by atoms with Gasteiger partial charge in [-0.2, -0.15) is 0 Å². The van der Waals surface area contributed by atoms with Crippen molar-refractivity contribution in [1.29, 1.82) is 0 Å². The molecule has 1 aliphatic carbocycles. The molecule has 3 rings (SSSR count). The first-order chi connectivity index (χ1) is 10.3. The Kier molecular flexibility index (Phi) is 4.44. The van der Waals surface area contributed by atoms with Crippen LogP contribution in [0.5, 0.6) is 5.75 Å². The Morgan fingerprint density at radius 2 is 2.05 bits per heavy atom. The summed E-state index contributed by atoms with van der Waals surface area (Å²) in [6.45, 7) is 1.27. The van der Waals surface area contributed by atoms with E-state index < -0.39 is 0 Å². The molecule has 3 atom stereocenters. The average molecular weight is 288 g/mol. The van der Waals surface area contributed by atoms with E-state index in [1.54, 1.807) is 0 Å². The zero-order valence-corrected chi connectivity index (χ0v) is 12.4. The molecule has 1 fully saturated rings. The van der Waals surface area contributed by atoms with Crippen molar-refractivity contribution in [2.24, 2.45) is 11.7 Å². The van der Waals surface area contributed by atoms with Crippen LogP contribution in [0.15, 0.2) is 24.3 Å². The third-order valence-corrected chi connectivity index (χ3v) is 4.81. The third kappa shape index (κ3) is 3.05. The fraction of sp³-hybridized carbons (Fsp3) is 0.588. The fourth-order valence-corrected chi connectivity index (χ4v) is 3.58. The highest BCUT2D eigenvalue weighted by Gasteiger charge is 2.31. The molecule has 1 saturated carbocycles. The Balaban J connectivity index is 1.71. The normalized spacial score (nSPS) is 28.3. The Hall–Kier alpha value is -1.55. The molecule has 0 saturated heterocycles. The molecule has 3 unspecified atom stereocenters. The summed E-state index contributed by atoms with van der Waals surface area (Å²) < 4.78 is 5.64. The van der Waals surface area contributed by atoms with Gasteiger partial charge in [0.2, 0.25) is 5.91 Å². The molecular weight excluding hydrogens is 264 g/mol. The van der Waals surface area contributed by atoms with Crippen LogP contribution in [0.3, 0.4) is 0 Å². The molecule has 0 aromatic heterocycles. The lowest BCUT2D eigenvalue weighted by Gasteiger charge is -2.33. The minimum Gasteiger partial charge on any atom is -0.493 e. The standard InChI is InChI=1S/C17H24N2O2/c18-11-12-5-1-3-7-15(12)19-17(20)14-9-10-21-16-8-4-2-6-13(14)16/h2,4,6,8,12,14-15H,1,3,5,7,9-11,18H2,(H,19,20). The fourth-order valence-electron chi connectivity index (χ4n) is 3.58. The predicted octanol–water partition coefficient (Wildman–Crippen LogP) is 2.19. The molecule has 114 valence electrons. The van der Waals surface area contributed by atoms with Crippen molar-refractivity contribution in [2.45, 2.75) is 44.1 Å². The van der Waals surface area contributed by atoms with Gasteiger partial charge in [-0.1, -0.05) is 31.0 Å². The van der Waals surface area contributed by atoms with Crippen LogP contribution in [0.4, 0.5) is 0 Å². The summed E-state index contributed by atoms with van der Waals surface area (Å²) in [5.74, 6) is 1.33. The molecule has 3 N–H and O–H groups in total. The summed E-state index contributed by atoms with van der Waals surface area (Å²) in [6.07, 6.45) is 5.35. The number of nitrogens with two attached hydrogens (primary N) is 1. The van der Waals surface area contributed by atoms with Crippen molar-refractivity contribution in [3.63, 3.8) is 0 Å². The van der Waals surface area contributed by atoms with E-state index in [9.17, 15) is 4.79 Å². The highest BCUT2D eigenvalue weighted by atomic mass is 16.5. The van der Waals surface area contributed by atoms with E-state index in [-0.39, 0.29) is 17.9 Å². The van der Waals surface area contributed by atoms with Gasteiger partial charge < -0.3 is 15.8 Å². The SMILES string of the molecule is NCC1CCCCC1NC(=O)C1CCOc2ccccc21. The van der Waals surface area contributed by atoms with Crippen molar-refractivity contribution >= 4 is 5.91 Å². The van der Waals surface area contributed by atoms with Gasteiger partial charge in [0.25, 0.3) is 0 Å². The summed E-state index contributed by atoms with van der Waals surface area (Å²) in [7, 11) is 0. The third-order valence-electron chi connectivity index (χ3n) is 4.81. The number of benzene rings is 1. The van der Waals surface area contributed by atoms with Gasteiger partial charge in [-0.05, 0) is 37.8 Å². The van der Waals surface area contributed by atoms with Gasteiger partial charge in [0.15, 0.2) is 0 Å². The molecule has 2 aliphatic rings. The number of ether oxygens (including phenoxy) is 1. The Bertz CT molecular complexity index is 503. The van der Waals surface area contributed by atoms with Crippen LogP contribution >= 0.6 is 0 Å². The predicted molar refractivity (Wildman–Crippen MR) is 82.2 cm³/mol. The summed E-state index contributed by atoms with van der Waals surface area (Å²) in [4.78, 5) is 12.7. The van der Waals surface area contributed by atoms with Gasteiger partial charge in [0, 0.05) is 11.6 Å². The number of carbonyl (C=O) groups is 1. The lowest BCUT2D eigenvalue weighted by molar-refractivity contribution is -0.124. The quantitative estimate of drug-likeness (QED) is 0.896. The first-order valence-electron chi connectivity index (χ1n) is 8.01. The van der Waals surface area contributed by atoms with Gasteiger partial charge in [-0.25, -0.2) is 0 Å². The van der Waals surface area contributed by atoms with E-state index in [1.807, 2.05) is 24.3 Å². The van der Waals surface area contributed by atoms with Gasteiger partial charge >= 0.3 is 0 Å². The zero-order chi connectivity index (χ0) is 14.7. The summed E-state index contributed by atoms with van der Waals surface area (Å²) >= 11 is 0. The van der Waals surface area contributed by atoms with E-state index in [0.29, 0.717) is 19.1 Å². The number of hydrogen-bond acceptors (Lipinski definition) is 3. The van der Waals surface area contributed by atoms with Gasteiger partial charge in [-0.15, -0.1) is 0 Å². The monoisotopic (exact) mass is 288 g/mol. The first-order valence-corrected chi connectivity index (χ1v) is 8.01. The number of fused-ring (bicyclic) bond motifs is 1. The van der Waals surface area contributed by atoms with Gasteiger partial charge in [0.05, 0.1) is 12.5 Å². The Morgan fingerprint density at radius 3 is 2.90 bits per heavy atom. The summed E-state index contributed by atoms with van der Waals surface area (Å²) in [5.41, 5.74) is 6.87. The van der Waals surface area contributed by atoms with Crippen molar-refractivity contribution in [3.8, 4) is 5.75 Å². The Morgan fingerprint density at radius 1 is 1.24 bits per heavy atom. The van der Waals surface area contributed by atoms with E-state index in [4.69, 9.17) is 10.5 Å². The topological polar surface area (TPSA) is 64.3 Å². The van der Waals surface area contributed by atoms with Crippen molar-refractivity contribution in [2.75, 3.05) is 13.2 Å². The second kappa shape index (κ2) is 6.48. The Labute approximate surface area is 126 Å².